The van der Waals surface area contributed by atoms with E-state index in [9.17, 15) is 0 Å². The molecule has 0 radical (unpaired) electrons. The zero-order chi connectivity index (χ0) is 12.3. The summed E-state index contributed by atoms with van der Waals surface area (Å²) in [4.78, 5) is 1.22. The van der Waals surface area contributed by atoms with Crippen LogP contribution in [0.3, 0.4) is 0 Å². The fraction of sp³-hybridized carbons (Fsp3) is 0.0833. The van der Waals surface area contributed by atoms with Gasteiger partial charge in [-0.1, -0.05) is 0 Å². The SMILES string of the molecule is N#Cc1ccc(NCc2ccc(Br)s2)c(N)c1. The van der Waals surface area contributed by atoms with Crippen LogP contribution >= 0.6 is 27.3 Å². The second-order valence-corrected chi connectivity index (χ2v) is 6.02. The van der Waals surface area contributed by atoms with Crippen molar-refractivity contribution in [3.63, 3.8) is 0 Å². The van der Waals surface area contributed by atoms with E-state index in [1.165, 1.54) is 4.88 Å². The van der Waals surface area contributed by atoms with Crippen molar-refractivity contribution in [1.82, 2.24) is 0 Å². The largest absolute Gasteiger partial charge is 0.397 e. The first-order valence-electron chi connectivity index (χ1n) is 4.97. The van der Waals surface area contributed by atoms with Gasteiger partial charge in [0.1, 0.15) is 0 Å². The Morgan fingerprint density at radius 2 is 2.18 bits per heavy atom. The number of nitrogen functional groups attached to an aromatic ring is 1. The first-order chi connectivity index (χ1) is 8.19. The lowest BCUT2D eigenvalue weighted by Gasteiger charge is -2.08. The lowest BCUT2D eigenvalue weighted by molar-refractivity contribution is 1.19. The first-order valence-corrected chi connectivity index (χ1v) is 6.57. The van der Waals surface area contributed by atoms with Crippen molar-refractivity contribution in [2.24, 2.45) is 0 Å². The maximum absolute atomic E-state index is 8.73. The van der Waals surface area contributed by atoms with Crippen LogP contribution in [0.1, 0.15) is 10.4 Å². The third-order valence-corrected chi connectivity index (χ3v) is 3.89. The molecule has 2 rings (SSSR count). The van der Waals surface area contributed by atoms with Gasteiger partial charge in [0.25, 0.3) is 0 Å². The van der Waals surface area contributed by atoms with Crippen LogP contribution < -0.4 is 11.1 Å². The van der Waals surface area contributed by atoms with Crippen molar-refractivity contribution in [2.45, 2.75) is 6.54 Å². The molecule has 0 atom stereocenters. The van der Waals surface area contributed by atoms with Gasteiger partial charge >= 0.3 is 0 Å². The number of nitrogens with one attached hydrogen (secondary N) is 1. The smallest absolute Gasteiger partial charge is 0.0992 e. The van der Waals surface area contributed by atoms with Gasteiger partial charge in [-0.15, -0.1) is 11.3 Å². The van der Waals surface area contributed by atoms with Gasteiger partial charge in [0.15, 0.2) is 0 Å². The molecule has 2 aromatic rings. The summed E-state index contributed by atoms with van der Waals surface area (Å²) in [6.45, 7) is 0.729. The summed E-state index contributed by atoms with van der Waals surface area (Å²) in [5.41, 5.74) is 7.87. The van der Waals surface area contributed by atoms with Crippen molar-refractivity contribution in [2.75, 3.05) is 11.1 Å². The lowest BCUT2D eigenvalue weighted by Crippen LogP contribution is -2.01. The molecule has 17 heavy (non-hydrogen) atoms. The number of hydrogen-bond donors (Lipinski definition) is 2. The third-order valence-electron chi connectivity index (χ3n) is 2.26. The highest BCUT2D eigenvalue weighted by atomic mass is 79.9. The number of rotatable bonds is 3. The van der Waals surface area contributed by atoms with E-state index < -0.39 is 0 Å². The zero-order valence-corrected chi connectivity index (χ0v) is 11.3. The molecular weight excluding hydrogens is 298 g/mol. The normalized spacial score (nSPS) is 9.88. The fourth-order valence-corrected chi connectivity index (χ4v) is 2.85. The highest BCUT2D eigenvalue weighted by Crippen LogP contribution is 2.24. The summed E-state index contributed by atoms with van der Waals surface area (Å²) in [5, 5.41) is 12.0. The summed E-state index contributed by atoms with van der Waals surface area (Å²) < 4.78 is 1.11. The number of thiophene rings is 1. The highest BCUT2D eigenvalue weighted by Gasteiger charge is 2.02. The molecule has 0 saturated carbocycles. The predicted molar refractivity (Wildman–Crippen MR) is 74.9 cm³/mol. The third kappa shape index (κ3) is 2.99. The van der Waals surface area contributed by atoms with Gasteiger partial charge in [0.05, 0.1) is 26.8 Å². The van der Waals surface area contributed by atoms with Crippen molar-refractivity contribution < 1.29 is 0 Å². The van der Waals surface area contributed by atoms with E-state index in [1.54, 1.807) is 23.5 Å². The second kappa shape index (κ2) is 5.21. The number of benzene rings is 1. The molecule has 0 unspecified atom stereocenters. The minimum absolute atomic E-state index is 0.576. The maximum Gasteiger partial charge on any atom is 0.0992 e. The molecule has 1 aromatic heterocycles. The Hall–Kier alpha value is -1.51. The quantitative estimate of drug-likeness (QED) is 0.852. The van der Waals surface area contributed by atoms with Crippen LogP contribution in [0.15, 0.2) is 34.1 Å². The lowest BCUT2D eigenvalue weighted by atomic mass is 10.2. The highest BCUT2D eigenvalue weighted by molar-refractivity contribution is 9.11. The van der Waals surface area contributed by atoms with Crippen LogP contribution in [0, 0.1) is 11.3 Å². The number of halogens is 1. The molecule has 0 aliphatic carbocycles. The molecule has 0 saturated heterocycles. The molecule has 0 amide bonds. The van der Waals surface area contributed by atoms with Crippen molar-refractivity contribution in [3.05, 3.63) is 44.6 Å². The van der Waals surface area contributed by atoms with E-state index >= 15 is 0 Å². The molecule has 0 fully saturated rings. The molecule has 0 bridgehead atoms. The zero-order valence-electron chi connectivity index (χ0n) is 8.90. The van der Waals surface area contributed by atoms with Gasteiger partial charge in [-0.3, -0.25) is 0 Å². The van der Waals surface area contributed by atoms with Crippen molar-refractivity contribution in [3.8, 4) is 6.07 Å². The van der Waals surface area contributed by atoms with Gasteiger partial charge in [0, 0.05) is 11.4 Å². The Labute approximate surface area is 112 Å². The van der Waals surface area contributed by atoms with E-state index in [4.69, 9.17) is 11.0 Å². The van der Waals surface area contributed by atoms with Crippen LogP contribution in [-0.2, 0) is 6.54 Å². The van der Waals surface area contributed by atoms with Crippen LogP contribution in [0.25, 0.3) is 0 Å². The number of anilines is 2. The average molecular weight is 308 g/mol. The minimum atomic E-state index is 0.576. The fourth-order valence-electron chi connectivity index (χ4n) is 1.42. The average Bonchev–Trinajstić information content (AvgIpc) is 2.73. The van der Waals surface area contributed by atoms with Crippen LogP contribution in [-0.4, -0.2) is 0 Å². The van der Waals surface area contributed by atoms with Crippen LogP contribution in [0.5, 0.6) is 0 Å². The van der Waals surface area contributed by atoms with Gasteiger partial charge in [-0.05, 0) is 46.3 Å². The van der Waals surface area contributed by atoms with Gasteiger partial charge in [-0.2, -0.15) is 5.26 Å². The number of nitrogens with two attached hydrogens (primary N) is 1. The van der Waals surface area contributed by atoms with E-state index in [0.29, 0.717) is 11.3 Å². The molecule has 3 nitrogen and oxygen atoms in total. The second-order valence-electron chi connectivity index (χ2n) is 3.47. The van der Waals surface area contributed by atoms with Crippen molar-refractivity contribution >= 4 is 38.6 Å². The van der Waals surface area contributed by atoms with Gasteiger partial charge in [0.2, 0.25) is 0 Å². The van der Waals surface area contributed by atoms with E-state index in [2.05, 4.69) is 33.4 Å². The van der Waals surface area contributed by atoms with Crippen LogP contribution in [0.4, 0.5) is 11.4 Å². The topological polar surface area (TPSA) is 61.8 Å². The predicted octanol–water partition coefficient (Wildman–Crippen LogP) is 3.58. The minimum Gasteiger partial charge on any atom is -0.397 e. The molecule has 0 aliphatic rings. The molecule has 1 aromatic carbocycles. The standard InChI is InChI=1S/C12H10BrN3S/c13-12-4-2-9(17-12)7-16-11-3-1-8(6-14)5-10(11)15/h1-5,16H,7,15H2. The number of hydrogen-bond acceptors (Lipinski definition) is 4. The summed E-state index contributed by atoms with van der Waals surface area (Å²) in [5.74, 6) is 0. The summed E-state index contributed by atoms with van der Waals surface area (Å²) in [6.07, 6.45) is 0. The Bertz CT molecular complexity index is 571. The summed E-state index contributed by atoms with van der Waals surface area (Å²) >= 11 is 5.10. The molecule has 0 aliphatic heterocycles. The molecule has 0 spiro atoms. The number of nitriles is 1. The van der Waals surface area contributed by atoms with Gasteiger partial charge < -0.3 is 11.1 Å². The van der Waals surface area contributed by atoms with Crippen LogP contribution in [0.2, 0.25) is 0 Å². The Morgan fingerprint density at radius 1 is 1.35 bits per heavy atom. The maximum atomic E-state index is 8.73. The molecule has 3 N–H and O–H groups in total. The monoisotopic (exact) mass is 307 g/mol. The number of nitrogens with zero attached hydrogens (tertiary/aromatic N) is 1. The Balaban J connectivity index is 2.07. The van der Waals surface area contributed by atoms with Gasteiger partial charge in [-0.25, -0.2) is 0 Å². The molecule has 86 valence electrons. The Kier molecular flexibility index (Phi) is 3.67. The molecule has 5 heteroatoms. The first kappa shape index (κ1) is 12.0. The molecule has 1 heterocycles. The summed E-state index contributed by atoms with van der Waals surface area (Å²) in [6, 6.07) is 11.4. The molecular formula is C12H10BrN3S. The van der Waals surface area contributed by atoms with E-state index in [1.807, 2.05) is 12.1 Å². The van der Waals surface area contributed by atoms with Crippen molar-refractivity contribution in [1.29, 1.82) is 5.26 Å². The van der Waals surface area contributed by atoms with E-state index in [0.717, 1.165) is 16.0 Å². The van der Waals surface area contributed by atoms with E-state index in [-0.39, 0.29) is 0 Å². The summed E-state index contributed by atoms with van der Waals surface area (Å²) in [7, 11) is 0. The Morgan fingerprint density at radius 3 is 2.76 bits per heavy atom.